The quantitative estimate of drug-likeness (QED) is 0.828. The number of nitrogen functional groups attached to an aromatic ring is 1. The number of sulfonamides is 1. The van der Waals surface area contributed by atoms with Gasteiger partial charge >= 0.3 is 0 Å². The predicted molar refractivity (Wildman–Crippen MR) is 78.0 cm³/mol. The smallest absolute Gasteiger partial charge is 0.265 e. The highest BCUT2D eigenvalue weighted by molar-refractivity contribution is 7.93. The molecule has 0 bridgehead atoms. The minimum Gasteiger partial charge on any atom is -0.398 e. The molecule has 0 heterocycles. The van der Waals surface area contributed by atoms with Crippen LogP contribution in [0.2, 0.25) is 10.0 Å². The maximum Gasteiger partial charge on any atom is 0.265 e. The Kier molecular flexibility index (Phi) is 4.27. The predicted octanol–water partition coefficient (Wildman–Crippen LogP) is 3.65. The first-order valence-corrected chi connectivity index (χ1v) is 7.67. The SMILES string of the molecule is Nc1cc(Cl)cc(Cl)c1S(=O)(=O)Nc1cccc(F)c1F. The molecule has 2 aromatic rings. The van der Waals surface area contributed by atoms with Gasteiger partial charge in [0, 0.05) is 5.02 Å². The number of hydrogen-bond donors (Lipinski definition) is 2. The first-order chi connectivity index (χ1) is 9.72. The van der Waals surface area contributed by atoms with E-state index in [0.717, 1.165) is 18.2 Å². The van der Waals surface area contributed by atoms with Gasteiger partial charge in [0.05, 0.1) is 16.4 Å². The third-order valence-electron chi connectivity index (χ3n) is 2.50. The van der Waals surface area contributed by atoms with Crippen LogP contribution >= 0.6 is 23.2 Å². The summed E-state index contributed by atoms with van der Waals surface area (Å²) >= 11 is 11.5. The molecule has 2 aromatic carbocycles. The van der Waals surface area contributed by atoms with Crippen molar-refractivity contribution in [2.24, 2.45) is 0 Å². The summed E-state index contributed by atoms with van der Waals surface area (Å²) in [7, 11) is -4.30. The first-order valence-electron chi connectivity index (χ1n) is 5.43. The summed E-state index contributed by atoms with van der Waals surface area (Å²) in [6.45, 7) is 0. The number of nitrogens with one attached hydrogen (secondary N) is 1. The maximum atomic E-state index is 13.5. The van der Waals surface area contributed by atoms with Gasteiger partial charge in [0.2, 0.25) is 0 Å². The Balaban J connectivity index is 2.51. The molecule has 0 aliphatic heterocycles. The number of rotatable bonds is 3. The second-order valence-electron chi connectivity index (χ2n) is 4.01. The fraction of sp³-hybridized carbons (Fsp3) is 0. The average Bonchev–Trinajstić information content (AvgIpc) is 2.33. The van der Waals surface area contributed by atoms with Crippen molar-refractivity contribution in [2.45, 2.75) is 4.90 Å². The van der Waals surface area contributed by atoms with Crippen LogP contribution in [0.15, 0.2) is 35.2 Å². The first kappa shape index (κ1) is 15.8. The van der Waals surface area contributed by atoms with E-state index in [0.29, 0.717) is 0 Å². The van der Waals surface area contributed by atoms with E-state index in [-0.39, 0.29) is 15.7 Å². The average molecular weight is 353 g/mol. The third-order valence-corrected chi connectivity index (χ3v) is 4.61. The summed E-state index contributed by atoms with van der Waals surface area (Å²) < 4.78 is 52.9. The summed E-state index contributed by atoms with van der Waals surface area (Å²) in [6, 6.07) is 5.44. The lowest BCUT2D eigenvalue weighted by Gasteiger charge is -2.12. The number of hydrogen-bond acceptors (Lipinski definition) is 3. The van der Waals surface area contributed by atoms with E-state index in [1.165, 1.54) is 12.1 Å². The van der Waals surface area contributed by atoms with Gasteiger partial charge in [-0.2, -0.15) is 0 Å². The van der Waals surface area contributed by atoms with Crippen molar-refractivity contribution < 1.29 is 17.2 Å². The van der Waals surface area contributed by atoms with Crippen molar-refractivity contribution in [3.05, 3.63) is 52.0 Å². The maximum absolute atomic E-state index is 13.5. The van der Waals surface area contributed by atoms with E-state index in [1.807, 2.05) is 4.72 Å². The summed E-state index contributed by atoms with van der Waals surface area (Å²) in [5.41, 5.74) is 4.81. The van der Waals surface area contributed by atoms with Crippen LogP contribution in [0.5, 0.6) is 0 Å². The van der Waals surface area contributed by atoms with Crippen LogP contribution in [0.1, 0.15) is 0 Å². The monoisotopic (exact) mass is 352 g/mol. The Labute approximate surface area is 129 Å². The van der Waals surface area contributed by atoms with E-state index >= 15 is 0 Å². The van der Waals surface area contributed by atoms with Gasteiger partial charge < -0.3 is 5.73 Å². The van der Waals surface area contributed by atoms with Crippen molar-refractivity contribution in [3.8, 4) is 0 Å². The largest absolute Gasteiger partial charge is 0.398 e. The van der Waals surface area contributed by atoms with Crippen molar-refractivity contribution in [3.63, 3.8) is 0 Å². The minimum absolute atomic E-state index is 0.147. The second-order valence-corrected chi connectivity index (χ2v) is 6.48. The van der Waals surface area contributed by atoms with Crippen molar-refractivity contribution in [1.82, 2.24) is 0 Å². The molecule has 112 valence electrons. The molecule has 0 aromatic heterocycles. The zero-order chi connectivity index (χ0) is 15.8. The Morgan fingerprint density at radius 2 is 1.81 bits per heavy atom. The molecule has 0 saturated carbocycles. The molecule has 21 heavy (non-hydrogen) atoms. The van der Waals surface area contributed by atoms with Crippen LogP contribution in [0.4, 0.5) is 20.2 Å². The Hall–Kier alpha value is -1.57. The minimum atomic E-state index is -4.30. The van der Waals surface area contributed by atoms with Crippen LogP contribution in [-0.4, -0.2) is 8.42 Å². The van der Waals surface area contributed by atoms with E-state index in [2.05, 4.69) is 0 Å². The Morgan fingerprint density at radius 3 is 2.43 bits per heavy atom. The molecule has 0 aliphatic rings. The molecule has 0 radical (unpaired) electrons. The van der Waals surface area contributed by atoms with Gasteiger partial charge in [-0.3, -0.25) is 4.72 Å². The van der Waals surface area contributed by atoms with Crippen LogP contribution in [0.25, 0.3) is 0 Å². The van der Waals surface area contributed by atoms with Crippen LogP contribution < -0.4 is 10.5 Å². The summed E-state index contributed by atoms with van der Waals surface area (Å²) in [5, 5.41) is -0.0855. The lowest BCUT2D eigenvalue weighted by Crippen LogP contribution is -2.16. The molecule has 0 aliphatic carbocycles. The molecule has 4 nitrogen and oxygen atoms in total. The van der Waals surface area contributed by atoms with Gasteiger partial charge in [0.15, 0.2) is 11.6 Å². The number of halogens is 4. The Morgan fingerprint density at radius 1 is 1.14 bits per heavy atom. The zero-order valence-electron chi connectivity index (χ0n) is 10.2. The topological polar surface area (TPSA) is 72.2 Å². The number of anilines is 2. The molecular formula is C12H8Cl2F2N2O2S. The molecule has 0 unspecified atom stereocenters. The molecule has 0 amide bonds. The lowest BCUT2D eigenvalue weighted by molar-refractivity contribution is 0.511. The van der Waals surface area contributed by atoms with Crippen molar-refractivity contribution >= 4 is 44.6 Å². The Bertz CT molecular complexity index is 790. The fourth-order valence-electron chi connectivity index (χ4n) is 1.64. The molecule has 0 fully saturated rings. The van der Waals surface area contributed by atoms with Gasteiger partial charge in [-0.15, -0.1) is 0 Å². The van der Waals surface area contributed by atoms with E-state index < -0.39 is 32.2 Å². The van der Waals surface area contributed by atoms with Gasteiger partial charge in [-0.1, -0.05) is 29.3 Å². The van der Waals surface area contributed by atoms with Gasteiger partial charge in [-0.25, -0.2) is 17.2 Å². The third kappa shape index (κ3) is 3.20. The van der Waals surface area contributed by atoms with Crippen molar-refractivity contribution in [2.75, 3.05) is 10.5 Å². The zero-order valence-corrected chi connectivity index (χ0v) is 12.5. The highest BCUT2D eigenvalue weighted by Gasteiger charge is 2.24. The van der Waals surface area contributed by atoms with Crippen LogP contribution in [-0.2, 0) is 10.0 Å². The summed E-state index contributed by atoms with van der Waals surface area (Å²) in [5.74, 6) is -2.52. The number of nitrogens with two attached hydrogens (primary N) is 1. The van der Waals surface area contributed by atoms with Gasteiger partial charge in [-0.05, 0) is 24.3 Å². The van der Waals surface area contributed by atoms with E-state index in [1.54, 1.807) is 0 Å². The van der Waals surface area contributed by atoms with Gasteiger partial charge in [0.1, 0.15) is 4.90 Å². The molecule has 3 N–H and O–H groups in total. The second kappa shape index (κ2) is 5.67. The molecule has 0 spiro atoms. The van der Waals surface area contributed by atoms with Crippen LogP contribution in [0.3, 0.4) is 0 Å². The summed E-state index contributed by atoms with van der Waals surface area (Å²) in [6.07, 6.45) is 0. The van der Waals surface area contributed by atoms with E-state index in [4.69, 9.17) is 28.9 Å². The highest BCUT2D eigenvalue weighted by Crippen LogP contribution is 2.32. The summed E-state index contributed by atoms with van der Waals surface area (Å²) in [4.78, 5) is -0.461. The van der Waals surface area contributed by atoms with Crippen molar-refractivity contribution in [1.29, 1.82) is 0 Å². The normalized spacial score (nSPS) is 11.4. The molecule has 2 rings (SSSR count). The fourth-order valence-corrected chi connectivity index (χ4v) is 3.69. The molecule has 9 heteroatoms. The number of benzene rings is 2. The van der Waals surface area contributed by atoms with Crippen LogP contribution in [0, 0.1) is 11.6 Å². The standard InChI is InChI=1S/C12H8Cl2F2N2O2S/c13-6-4-7(14)12(9(17)5-6)21(19,20)18-10-3-1-2-8(15)11(10)16/h1-5,18H,17H2. The van der Waals surface area contributed by atoms with E-state index in [9.17, 15) is 17.2 Å². The molecule has 0 atom stereocenters. The highest BCUT2D eigenvalue weighted by atomic mass is 35.5. The molecule has 0 saturated heterocycles. The van der Waals surface area contributed by atoms with Gasteiger partial charge in [0.25, 0.3) is 10.0 Å². The molecular weight excluding hydrogens is 345 g/mol. The lowest BCUT2D eigenvalue weighted by atomic mass is 10.3.